The number of nitrogens with two attached hydrogens (primary N) is 1. The molecule has 100 valence electrons. The predicted octanol–water partition coefficient (Wildman–Crippen LogP) is 0.695. The molecular formula is C10H16ClFN6. The minimum Gasteiger partial charge on any atom is -0.351 e. The predicted molar refractivity (Wildman–Crippen MR) is 69.1 cm³/mol. The van der Waals surface area contributed by atoms with Crippen molar-refractivity contribution >= 4 is 23.2 Å². The average Bonchev–Trinajstić information content (AvgIpc) is 2.35. The van der Waals surface area contributed by atoms with E-state index in [2.05, 4.69) is 27.2 Å². The van der Waals surface area contributed by atoms with Crippen LogP contribution in [-0.4, -0.2) is 47.6 Å². The van der Waals surface area contributed by atoms with Crippen molar-refractivity contribution in [3.8, 4) is 0 Å². The molecule has 1 aromatic rings. The van der Waals surface area contributed by atoms with Crippen molar-refractivity contribution in [3.05, 3.63) is 11.1 Å². The molecule has 0 bridgehead atoms. The highest BCUT2D eigenvalue weighted by Gasteiger charge is 2.25. The monoisotopic (exact) mass is 274 g/mol. The van der Waals surface area contributed by atoms with Crippen LogP contribution >= 0.6 is 11.6 Å². The third kappa shape index (κ3) is 2.47. The molecule has 0 amide bonds. The summed E-state index contributed by atoms with van der Waals surface area (Å²) in [6, 6.07) is 0.321. The number of aromatic nitrogens is 2. The van der Waals surface area contributed by atoms with Crippen molar-refractivity contribution in [1.29, 1.82) is 0 Å². The lowest BCUT2D eigenvalue weighted by molar-refractivity contribution is 0.232. The maximum atomic E-state index is 14.1. The molecule has 1 atom stereocenters. The summed E-state index contributed by atoms with van der Waals surface area (Å²) in [4.78, 5) is 11.7. The number of anilines is 2. The van der Waals surface area contributed by atoms with Gasteiger partial charge >= 0.3 is 0 Å². The van der Waals surface area contributed by atoms with Gasteiger partial charge in [-0.2, -0.15) is 14.4 Å². The number of piperazine rings is 1. The summed E-state index contributed by atoms with van der Waals surface area (Å²) >= 11 is 5.76. The van der Waals surface area contributed by atoms with E-state index in [4.69, 9.17) is 17.4 Å². The Labute approximate surface area is 110 Å². The Bertz CT molecular complexity index is 443. The van der Waals surface area contributed by atoms with Crippen LogP contribution in [0.1, 0.15) is 6.92 Å². The molecule has 6 nitrogen and oxygen atoms in total. The third-order valence-electron chi connectivity index (χ3n) is 3.20. The van der Waals surface area contributed by atoms with Crippen molar-refractivity contribution in [3.63, 3.8) is 0 Å². The maximum absolute atomic E-state index is 14.1. The van der Waals surface area contributed by atoms with E-state index in [1.807, 2.05) is 11.9 Å². The average molecular weight is 275 g/mol. The fourth-order valence-electron chi connectivity index (χ4n) is 1.95. The molecule has 18 heavy (non-hydrogen) atoms. The summed E-state index contributed by atoms with van der Waals surface area (Å²) in [6.07, 6.45) is 0. The van der Waals surface area contributed by atoms with Crippen LogP contribution in [0.15, 0.2) is 0 Å². The number of nitrogen functional groups attached to an aromatic ring is 1. The van der Waals surface area contributed by atoms with Crippen molar-refractivity contribution in [2.24, 2.45) is 5.84 Å². The highest BCUT2D eigenvalue weighted by molar-refractivity contribution is 6.28. The topological polar surface area (TPSA) is 70.3 Å². The van der Waals surface area contributed by atoms with E-state index in [9.17, 15) is 4.39 Å². The number of halogens is 2. The standard InChI is InChI=1S/C10H16ClFN6/c1-6-5-18(4-3-17(6)2)9-7(12)8(16-13)14-10(11)15-9/h6H,3-5,13H2,1-2H3,(H,14,15,16)/t6-/m0/s1. The second-order valence-corrected chi connectivity index (χ2v) is 4.74. The van der Waals surface area contributed by atoms with Crippen LogP contribution in [0.4, 0.5) is 16.0 Å². The Morgan fingerprint density at radius 2 is 2.17 bits per heavy atom. The normalized spacial score (nSPS) is 21.2. The number of likely N-dealkylation sites (N-methyl/N-ethyl adjacent to an activating group) is 1. The second-order valence-electron chi connectivity index (χ2n) is 4.40. The van der Waals surface area contributed by atoms with Gasteiger partial charge in [-0.05, 0) is 25.6 Å². The van der Waals surface area contributed by atoms with Gasteiger partial charge in [-0.15, -0.1) is 0 Å². The largest absolute Gasteiger partial charge is 0.351 e. The van der Waals surface area contributed by atoms with Gasteiger partial charge in [0.25, 0.3) is 0 Å². The van der Waals surface area contributed by atoms with E-state index in [1.54, 1.807) is 0 Å². The molecule has 3 N–H and O–H groups in total. The Kier molecular flexibility index (Phi) is 3.84. The smallest absolute Gasteiger partial charge is 0.226 e. The highest BCUT2D eigenvalue weighted by Crippen LogP contribution is 2.25. The fourth-order valence-corrected chi connectivity index (χ4v) is 2.12. The van der Waals surface area contributed by atoms with Crippen LogP contribution in [0.3, 0.4) is 0 Å². The molecule has 1 aliphatic rings. The number of nitrogens with zero attached hydrogens (tertiary/aromatic N) is 4. The molecule has 0 saturated carbocycles. The molecule has 1 aliphatic heterocycles. The van der Waals surface area contributed by atoms with Gasteiger partial charge in [-0.25, -0.2) is 5.84 Å². The molecule has 2 rings (SSSR count). The summed E-state index contributed by atoms with van der Waals surface area (Å²) < 4.78 is 14.1. The van der Waals surface area contributed by atoms with Crippen molar-refractivity contribution in [1.82, 2.24) is 14.9 Å². The lowest BCUT2D eigenvalue weighted by Gasteiger charge is -2.38. The zero-order chi connectivity index (χ0) is 13.3. The van der Waals surface area contributed by atoms with Gasteiger partial charge in [0, 0.05) is 25.7 Å². The summed E-state index contributed by atoms with van der Waals surface area (Å²) in [5.74, 6) is 4.74. The van der Waals surface area contributed by atoms with Crippen molar-refractivity contribution in [2.45, 2.75) is 13.0 Å². The second kappa shape index (κ2) is 5.21. The summed E-state index contributed by atoms with van der Waals surface area (Å²) in [7, 11) is 2.04. The van der Waals surface area contributed by atoms with Gasteiger partial charge in [0.15, 0.2) is 11.6 Å². The molecule has 1 saturated heterocycles. The van der Waals surface area contributed by atoms with Crippen LogP contribution in [0.2, 0.25) is 5.28 Å². The molecule has 1 fully saturated rings. The number of hydrazine groups is 1. The maximum Gasteiger partial charge on any atom is 0.226 e. The van der Waals surface area contributed by atoms with E-state index in [0.717, 1.165) is 6.54 Å². The van der Waals surface area contributed by atoms with Crippen molar-refractivity contribution in [2.75, 3.05) is 37.0 Å². The number of hydrogen-bond acceptors (Lipinski definition) is 6. The van der Waals surface area contributed by atoms with Gasteiger partial charge in [0.05, 0.1) is 0 Å². The van der Waals surface area contributed by atoms with Crippen LogP contribution < -0.4 is 16.2 Å². The highest BCUT2D eigenvalue weighted by atomic mass is 35.5. The van der Waals surface area contributed by atoms with E-state index in [0.29, 0.717) is 19.1 Å². The molecule has 0 radical (unpaired) electrons. The zero-order valence-electron chi connectivity index (χ0n) is 10.3. The van der Waals surface area contributed by atoms with Gasteiger partial charge in [0.1, 0.15) is 0 Å². The molecule has 0 aromatic carbocycles. The first-order valence-corrected chi connectivity index (χ1v) is 6.05. The Hall–Kier alpha value is -1.18. The van der Waals surface area contributed by atoms with Crippen LogP contribution in [0.25, 0.3) is 0 Å². The molecular weight excluding hydrogens is 259 g/mol. The van der Waals surface area contributed by atoms with E-state index >= 15 is 0 Å². The summed E-state index contributed by atoms with van der Waals surface area (Å²) in [6.45, 7) is 4.29. The molecule has 1 aromatic heterocycles. The molecule has 0 aliphatic carbocycles. The van der Waals surface area contributed by atoms with E-state index in [-0.39, 0.29) is 16.9 Å². The van der Waals surface area contributed by atoms with Gasteiger partial charge < -0.3 is 15.2 Å². The van der Waals surface area contributed by atoms with Crippen molar-refractivity contribution < 1.29 is 4.39 Å². The molecule has 2 heterocycles. The fraction of sp³-hybridized carbons (Fsp3) is 0.600. The lowest BCUT2D eigenvalue weighted by Crippen LogP contribution is -2.50. The van der Waals surface area contributed by atoms with Gasteiger partial charge in [-0.1, -0.05) is 0 Å². The quantitative estimate of drug-likeness (QED) is 0.470. The molecule has 8 heteroatoms. The summed E-state index contributed by atoms with van der Waals surface area (Å²) in [5.41, 5.74) is 2.19. The Balaban J connectivity index is 2.30. The van der Waals surface area contributed by atoms with Crippen LogP contribution in [-0.2, 0) is 0 Å². The van der Waals surface area contributed by atoms with E-state index < -0.39 is 5.82 Å². The first-order chi connectivity index (χ1) is 8.52. The van der Waals surface area contributed by atoms with Crippen LogP contribution in [0.5, 0.6) is 0 Å². The zero-order valence-corrected chi connectivity index (χ0v) is 11.1. The van der Waals surface area contributed by atoms with E-state index in [1.165, 1.54) is 0 Å². The number of nitrogens with one attached hydrogen (secondary N) is 1. The summed E-state index contributed by atoms with van der Waals surface area (Å²) in [5, 5.41) is -0.0223. The minimum atomic E-state index is -0.571. The molecule has 0 unspecified atom stereocenters. The van der Waals surface area contributed by atoms with Crippen LogP contribution in [0, 0.1) is 5.82 Å². The Morgan fingerprint density at radius 3 is 2.78 bits per heavy atom. The lowest BCUT2D eigenvalue weighted by atomic mass is 10.2. The Morgan fingerprint density at radius 1 is 1.44 bits per heavy atom. The SMILES string of the molecule is C[C@H]1CN(c2nc(Cl)nc(NN)c2F)CCN1C. The number of hydrogen-bond donors (Lipinski definition) is 2. The molecule has 0 spiro atoms. The first-order valence-electron chi connectivity index (χ1n) is 5.67. The minimum absolute atomic E-state index is 0.0223. The third-order valence-corrected chi connectivity index (χ3v) is 3.37. The number of rotatable bonds is 2. The van der Waals surface area contributed by atoms with Gasteiger partial charge in [-0.3, -0.25) is 0 Å². The first kappa shape index (κ1) is 13.3. The van der Waals surface area contributed by atoms with Gasteiger partial charge in [0.2, 0.25) is 11.1 Å².